The Balaban J connectivity index is 1.40. The molecule has 1 heterocycles. The summed E-state index contributed by atoms with van der Waals surface area (Å²) in [6.07, 6.45) is 9.88. The van der Waals surface area contributed by atoms with Gasteiger partial charge in [-0.15, -0.1) is 0 Å². The number of carbonyl (C=O) groups excluding carboxylic acids is 1. The molecular weight excluding hydrogens is 312 g/mol. The standard InChI is InChI=1S/C21H30N2O2/c1-16-9-10-19-17(15-25-20(19)13-16)14-21(24)22-11-6-12-23(2)18-7-4-3-5-8-18/h9-10,13,15,18H,3-8,11-12,14H2,1-2H3,(H,22,24). The zero-order valence-electron chi connectivity index (χ0n) is 15.5. The van der Waals surface area contributed by atoms with E-state index in [9.17, 15) is 4.79 Å². The first-order chi connectivity index (χ1) is 12.1. The van der Waals surface area contributed by atoms with Crippen molar-refractivity contribution < 1.29 is 9.21 Å². The molecule has 0 bridgehead atoms. The summed E-state index contributed by atoms with van der Waals surface area (Å²) in [5, 5.41) is 4.09. The number of furan rings is 1. The van der Waals surface area contributed by atoms with Crippen molar-refractivity contribution in [1.29, 1.82) is 0 Å². The monoisotopic (exact) mass is 342 g/mol. The fourth-order valence-corrected chi connectivity index (χ4v) is 3.82. The number of aryl methyl sites for hydroxylation is 1. The van der Waals surface area contributed by atoms with Gasteiger partial charge in [0.15, 0.2) is 0 Å². The van der Waals surface area contributed by atoms with Gasteiger partial charge >= 0.3 is 0 Å². The van der Waals surface area contributed by atoms with Gasteiger partial charge in [0.2, 0.25) is 5.91 Å². The van der Waals surface area contributed by atoms with Gasteiger partial charge in [-0.3, -0.25) is 4.79 Å². The van der Waals surface area contributed by atoms with Crippen LogP contribution in [0.1, 0.15) is 49.7 Å². The molecule has 0 saturated heterocycles. The summed E-state index contributed by atoms with van der Waals surface area (Å²) in [7, 11) is 2.22. The molecule has 1 aromatic carbocycles. The normalized spacial score (nSPS) is 15.8. The van der Waals surface area contributed by atoms with E-state index in [1.807, 2.05) is 19.1 Å². The number of hydrogen-bond donors (Lipinski definition) is 1. The molecule has 2 aromatic rings. The highest BCUT2D eigenvalue weighted by molar-refractivity contribution is 5.87. The van der Waals surface area contributed by atoms with Crippen molar-refractivity contribution in [3.8, 4) is 0 Å². The van der Waals surface area contributed by atoms with Crippen molar-refractivity contribution in [2.75, 3.05) is 20.1 Å². The molecule has 4 heteroatoms. The molecule has 3 rings (SSSR count). The van der Waals surface area contributed by atoms with Gasteiger partial charge in [0, 0.05) is 23.5 Å². The average molecular weight is 342 g/mol. The van der Waals surface area contributed by atoms with E-state index in [1.165, 1.54) is 37.7 Å². The fraction of sp³-hybridized carbons (Fsp3) is 0.571. The van der Waals surface area contributed by atoms with E-state index in [-0.39, 0.29) is 5.91 Å². The number of hydrogen-bond acceptors (Lipinski definition) is 3. The van der Waals surface area contributed by atoms with Crippen molar-refractivity contribution in [1.82, 2.24) is 10.2 Å². The first-order valence-corrected chi connectivity index (χ1v) is 9.57. The van der Waals surface area contributed by atoms with Crippen LogP contribution in [0.4, 0.5) is 0 Å². The van der Waals surface area contributed by atoms with E-state index >= 15 is 0 Å². The van der Waals surface area contributed by atoms with E-state index in [4.69, 9.17) is 4.42 Å². The molecule has 0 radical (unpaired) electrons. The van der Waals surface area contributed by atoms with E-state index in [1.54, 1.807) is 6.26 Å². The third-order valence-electron chi connectivity index (χ3n) is 5.37. The summed E-state index contributed by atoms with van der Waals surface area (Å²) >= 11 is 0. The van der Waals surface area contributed by atoms with E-state index in [2.05, 4.69) is 23.3 Å². The Morgan fingerprint density at radius 2 is 2.08 bits per heavy atom. The molecule has 1 amide bonds. The lowest BCUT2D eigenvalue weighted by Gasteiger charge is -2.31. The molecule has 0 atom stereocenters. The van der Waals surface area contributed by atoms with Crippen LogP contribution in [0.3, 0.4) is 0 Å². The number of nitrogens with one attached hydrogen (secondary N) is 1. The first kappa shape index (κ1) is 18.0. The van der Waals surface area contributed by atoms with Crippen LogP contribution in [-0.4, -0.2) is 37.0 Å². The highest BCUT2D eigenvalue weighted by Crippen LogP contribution is 2.23. The minimum atomic E-state index is 0.0728. The third kappa shape index (κ3) is 4.85. The van der Waals surface area contributed by atoms with Gasteiger partial charge in [-0.05, 0) is 51.4 Å². The molecule has 1 N–H and O–H groups in total. The lowest BCUT2D eigenvalue weighted by atomic mass is 9.94. The Kier molecular flexibility index (Phi) is 6.14. The lowest BCUT2D eigenvalue weighted by Crippen LogP contribution is -2.36. The molecular formula is C21H30N2O2. The quantitative estimate of drug-likeness (QED) is 0.772. The van der Waals surface area contributed by atoms with Gasteiger partial charge < -0.3 is 14.6 Å². The van der Waals surface area contributed by atoms with Crippen molar-refractivity contribution in [3.63, 3.8) is 0 Å². The van der Waals surface area contributed by atoms with Gasteiger partial charge in [0.1, 0.15) is 5.58 Å². The number of carbonyl (C=O) groups is 1. The van der Waals surface area contributed by atoms with E-state index < -0.39 is 0 Å². The molecule has 136 valence electrons. The Labute approximate surface area is 150 Å². The summed E-state index contributed by atoms with van der Waals surface area (Å²) in [5.74, 6) is 0.0728. The molecule has 1 aromatic heterocycles. The maximum absolute atomic E-state index is 12.2. The van der Waals surface area contributed by atoms with Gasteiger partial charge in [-0.1, -0.05) is 31.4 Å². The average Bonchev–Trinajstić information content (AvgIpc) is 3.01. The summed E-state index contributed by atoms with van der Waals surface area (Å²) in [5.41, 5.74) is 2.99. The van der Waals surface area contributed by atoms with Crippen molar-refractivity contribution in [2.45, 2.75) is 57.9 Å². The van der Waals surface area contributed by atoms with Crippen molar-refractivity contribution in [3.05, 3.63) is 35.6 Å². The summed E-state index contributed by atoms with van der Waals surface area (Å²) in [4.78, 5) is 14.7. The predicted octanol–water partition coefficient (Wildman–Crippen LogP) is 4.05. The van der Waals surface area contributed by atoms with Crippen LogP contribution < -0.4 is 5.32 Å². The minimum absolute atomic E-state index is 0.0728. The van der Waals surface area contributed by atoms with Crippen molar-refractivity contribution >= 4 is 16.9 Å². The molecule has 0 unspecified atom stereocenters. The number of nitrogens with zero attached hydrogens (tertiary/aromatic N) is 1. The summed E-state index contributed by atoms with van der Waals surface area (Å²) < 4.78 is 5.57. The Morgan fingerprint density at radius 3 is 2.88 bits per heavy atom. The van der Waals surface area contributed by atoms with Crippen LogP contribution in [0.15, 0.2) is 28.9 Å². The second kappa shape index (κ2) is 8.52. The molecule has 0 aliphatic heterocycles. The maximum atomic E-state index is 12.2. The second-order valence-corrected chi connectivity index (χ2v) is 7.41. The number of amides is 1. The van der Waals surface area contributed by atoms with Gasteiger partial charge in [-0.2, -0.15) is 0 Å². The molecule has 1 aliphatic carbocycles. The zero-order chi connectivity index (χ0) is 17.6. The second-order valence-electron chi connectivity index (χ2n) is 7.41. The molecule has 25 heavy (non-hydrogen) atoms. The minimum Gasteiger partial charge on any atom is -0.464 e. The van der Waals surface area contributed by atoms with Gasteiger partial charge in [-0.25, -0.2) is 0 Å². The van der Waals surface area contributed by atoms with Crippen LogP contribution >= 0.6 is 0 Å². The third-order valence-corrected chi connectivity index (χ3v) is 5.37. The maximum Gasteiger partial charge on any atom is 0.224 e. The first-order valence-electron chi connectivity index (χ1n) is 9.57. The molecule has 4 nitrogen and oxygen atoms in total. The van der Waals surface area contributed by atoms with Crippen molar-refractivity contribution in [2.24, 2.45) is 0 Å². The van der Waals surface area contributed by atoms with Gasteiger partial charge in [0.25, 0.3) is 0 Å². The molecule has 0 spiro atoms. The van der Waals surface area contributed by atoms with Crippen LogP contribution in [0.5, 0.6) is 0 Å². The smallest absolute Gasteiger partial charge is 0.224 e. The lowest BCUT2D eigenvalue weighted by molar-refractivity contribution is -0.120. The zero-order valence-corrected chi connectivity index (χ0v) is 15.5. The topological polar surface area (TPSA) is 45.5 Å². The Hall–Kier alpha value is -1.81. The largest absolute Gasteiger partial charge is 0.464 e. The van der Waals surface area contributed by atoms with Crippen LogP contribution in [-0.2, 0) is 11.2 Å². The Morgan fingerprint density at radius 1 is 1.28 bits per heavy atom. The Bertz CT molecular complexity index is 701. The number of benzene rings is 1. The summed E-state index contributed by atoms with van der Waals surface area (Å²) in [6.45, 7) is 3.84. The molecule has 1 saturated carbocycles. The van der Waals surface area contributed by atoms with Crippen LogP contribution in [0.25, 0.3) is 11.0 Å². The van der Waals surface area contributed by atoms with Crippen LogP contribution in [0, 0.1) is 6.92 Å². The fourth-order valence-electron chi connectivity index (χ4n) is 3.82. The number of fused-ring (bicyclic) bond motifs is 1. The highest BCUT2D eigenvalue weighted by atomic mass is 16.3. The van der Waals surface area contributed by atoms with E-state index in [0.717, 1.165) is 42.1 Å². The molecule has 1 fully saturated rings. The molecule has 1 aliphatic rings. The number of rotatable bonds is 7. The SMILES string of the molecule is Cc1ccc2c(CC(=O)NCCCN(C)C3CCCCC3)coc2c1. The van der Waals surface area contributed by atoms with Crippen LogP contribution in [0.2, 0.25) is 0 Å². The highest BCUT2D eigenvalue weighted by Gasteiger charge is 2.17. The predicted molar refractivity (Wildman–Crippen MR) is 102 cm³/mol. The van der Waals surface area contributed by atoms with Gasteiger partial charge in [0.05, 0.1) is 12.7 Å². The van der Waals surface area contributed by atoms with E-state index in [0.29, 0.717) is 6.42 Å². The summed E-state index contributed by atoms with van der Waals surface area (Å²) in [6, 6.07) is 6.85.